The fourth-order valence-electron chi connectivity index (χ4n) is 1.74. The van der Waals surface area contributed by atoms with Crippen LogP contribution in [0, 0.1) is 11.8 Å². The van der Waals surface area contributed by atoms with Crippen LogP contribution < -0.4 is 16.4 Å². The maximum absolute atomic E-state index is 11.9. The summed E-state index contributed by atoms with van der Waals surface area (Å²) in [6.45, 7) is 6.17. The molecule has 5 heteroatoms. The monoisotopic (exact) mass is 291 g/mol. The third-order valence-corrected chi connectivity index (χ3v) is 3.23. The van der Waals surface area contributed by atoms with E-state index in [9.17, 15) is 9.59 Å². The van der Waals surface area contributed by atoms with E-state index >= 15 is 0 Å². The molecule has 116 valence electrons. The van der Waals surface area contributed by atoms with Gasteiger partial charge in [0.25, 0.3) is 0 Å². The first kappa shape index (κ1) is 17.2. The summed E-state index contributed by atoms with van der Waals surface area (Å²) in [5.41, 5.74) is 6.89. The summed E-state index contributed by atoms with van der Waals surface area (Å²) in [6.07, 6.45) is 1.62. The minimum Gasteiger partial charge on any atom is -0.330 e. The van der Waals surface area contributed by atoms with Crippen molar-refractivity contribution in [1.29, 1.82) is 0 Å². The molecule has 4 N–H and O–H groups in total. The van der Waals surface area contributed by atoms with E-state index in [4.69, 9.17) is 5.73 Å². The fourth-order valence-corrected chi connectivity index (χ4v) is 1.74. The van der Waals surface area contributed by atoms with Gasteiger partial charge in [0.15, 0.2) is 0 Å². The van der Waals surface area contributed by atoms with E-state index in [-0.39, 0.29) is 23.7 Å². The molecule has 0 bridgehead atoms. The quantitative estimate of drug-likeness (QED) is 0.722. The molecule has 0 radical (unpaired) electrons. The van der Waals surface area contributed by atoms with E-state index in [2.05, 4.69) is 10.6 Å². The van der Waals surface area contributed by atoms with Gasteiger partial charge in [-0.25, -0.2) is 0 Å². The van der Waals surface area contributed by atoms with Crippen LogP contribution in [0.1, 0.15) is 33.6 Å². The molecule has 0 aliphatic heterocycles. The van der Waals surface area contributed by atoms with Crippen LogP contribution in [0.2, 0.25) is 0 Å². The molecule has 2 amide bonds. The van der Waals surface area contributed by atoms with Gasteiger partial charge in [-0.05, 0) is 43.7 Å². The summed E-state index contributed by atoms with van der Waals surface area (Å²) in [6, 6.07) is 7.12. The molecule has 0 aliphatic rings. The average Bonchev–Trinajstić information content (AvgIpc) is 2.46. The van der Waals surface area contributed by atoms with Gasteiger partial charge in [-0.3, -0.25) is 9.59 Å². The first-order chi connectivity index (χ1) is 9.93. The minimum atomic E-state index is -0.0622. The topological polar surface area (TPSA) is 84.2 Å². The summed E-state index contributed by atoms with van der Waals surface area (Å²) in [4.78, 5) is 23.5. The number of hydrogen-bond donors (Lipinski definition) is 3. The number of rotatable bonds is 7. The van der Waals surface area contributed by atoms with Gasteiger partial charge in [0.1, 0.15) is 0 Å². The standard InChI is InChI=1S/C16H25N3O2/c1-11(2)15(20)18-13-6-8-14(9-7-13)19-16(21)12(3)5-4-10-17/h6-9,11-12H,4-5,10,17H2,1-3H3,(H,18,20)(H,19,21). The summed E-state index contributed by atoms with van der Waals surface area (Å²) < 4.78 is 0. The molecule has 0 spiro atoms. The molecule has 0 heterocycles. The van der Waals surface area contributed by atoms with Crippen molar-refractivity contribution in [2.75, 3.05) is 17.2 Å². The first-order valence-corrected chi connectivity index (χ1v) is 7.36. The second-order valence-electron chi connectivity index (χ2n) is 5.54. The Labute approximate surface area is 126 Å². The van der Waals surface area contributed by atoms with E-state index in [0.717, 1.165) is 24.2 Å². The lowest BCUT2D eigenvalue weighted by atomic mass is 10.0. The number of carbonyl (C=O) groups is 2. The van der Waals surface area contributed by atoms with Crippen molar-refractivity contribution >= 4 is 23.2 Å². The Kier molecular flexibility index (Phi) is 6.88. The van der Waals surface area contributed by atoms with Gasteiger partial charge in [-0.15, -0.1) is 0 Å². The highest BCUT2D eigenvalue weighted by Crippen LogP contribution is 2.16. The molecule has 1 rings (SSSR count). The molecule has 1 aromatic rings. The van der Waals surface area contributed by atoms with Crippen molar-refractivity contribution in [3.8, 4) is 0 Å². The van der Waals surface area contributed by atoms with E-state index in [0.29, 0.717) is 6.54 Å². The Morgan fingerprint density at radius 3 is 1.90 bits per heavy atom. The molecule has 0 saturated heterocycles. The van der Waals surface area contributed by atoms with Gasteiger partial charge in [0.05, 0.1) is 0 Å². The van der Waals surface area contributed by atoms with Crippen LogP contribution in [0.15, 0.2) is 24.3 Å². The summed E-state index contributed by atoms with van der Waals surface area (Å²) in [5.74, 6) is -0.161. The second-order valence-corrected chi connectivity index (χ2v) is 5.54. The number of carbonyl (C=O) groups excluding carboxylic acids is 2. The third kappa shape index (κ3) is 5.95. The van der Waals surface area contributed by atoms with Crippen LogP contribution in [0.25, 0.3) is 0 Å². The number of benzene rings is 1. The molecule has 1 aromatic carbocycles. The Morgan fingerprint density at radius 1 is 1.00 bits per heavy atom. The van der Waals surface area contributed by atoms with Crippen molar-refractivity contribution in [2.45, 2.75) is 33.6 Å². The maximum atomic E-state index is 11.9. The predicted octanol–water partition coefficient (Wildman–Crippen LogP) is 2.59. The van der Waals surface area contributed by atoms with E-state index in [1.807, 2.05) is 20.8 Å². The first-order valence-electron chi connectivity index (χ1n) is 7.36. The summed E-state index contributed by atoms with van der Waals surface area (Å²) in [5, 5.41) is 5.67. The lowest BCUT2D eigenvalue weighted by molar-refractivity contribution is -0.120. The highest BCUT2D eigenvalue weighted by Gasteiger charge is 2.12. The maximum Gasteiger partial charge on any atom is 0.227 e. The van der Waals surface area contributed by atoms with E-state index in [1.54, 1.807) is 24.3 Å². The number of nitrogens with two attached hydrogens (primary N) is 1. The number of hydrogen-bond acceptors (Lipinski definition) is 3. The van der Waals surface area contributed by atoms with Crippen LogP contribution >= 0.6 is 0 Å². The number of amides is 2. The Hall–Kier alpha value is -1.88. The zero-order chi connectivity index (χ0) is 15.8. The van der Waals surface area contributed by atoms with E-state index in [1.165, 1.54) is 0 Å². The molecule has 0 aromatic heterocycles. The smallest absolute Gasteiger partial charge is 0.227 e. The second kappa shape index (κ2) is 8.42. The minimum absolute atomic E-state index is 0.0117. The SMILES string of the molecule is CC(C)C(=O)Nc1ccc(NC(=O)C(C)CCCN)cc1. The van der Waals surface area contributed by atoms with E-state index < -0.39 is 0 Å². The van der Waals surface area contributed by atoms with Crippen LogP contribution in [-0.2, 0) is 9.59 Å². The lowest BCUT2D eigenvalue weighted by Crippen LogP contribution is -2.21. The molecule has 21 heavy (non-hydrogen) atoms. The van der Waals surface area contributed by atoms with Gasteiger partial charge < -0.3 is 16.4 Å². The molecule has 1 unspecified atom stereocenters. The Morgan fingerprint density at radius 2 is 1.48 bits per heavy atom. The van der Waals surface area contributed by atoms with Crippen LogP contribution in [0.3, 0.4) is 0 Å². The van der Waals surface area contributed by atoms with Crippen LogP contribution in [0.5, 0.6) is 0 Å². The van der Waals surface area contributed by atoms with Crippen molar-refractivity contribution in [3.05, 3.63) is 24.3 Å². The Bertz CT molecular complexity index is 469. The Balaban J connectivity index is 2.54. The van der Waals surface area contributed by atoms with Crippen molar-refractivity contribution in [1.82, 2.24) is 0 Å². The predicted molar refractivity (Wildman–Crippen MR) is 86.0 cm³/mol. The van der Waals surface area contributed by atoms with Gasteiger partial charge in [0, 0.05) is 23.2 Å². The lowest BCUT2D eigenvalue weighted by Gasteiger charge is -2.12. The molecular formula is C16H25N3O2. The van der Waals surface area contributed by atoms with Crippen LogP contribution in [0.4, 0.5) is 11.4 Å². The average molecular weight is 291 g/mol. The number of nitrogens with one attached hydrogen (secondary N) is 2. The van der Waals surface area contributed by atoms with Gasteiger partial charge >= 0.3 is 0 Å². The van der Waals surface area contributed by atoms with Crippen LogP contribution in [-0.4, -0.2) is 18.4 Å². The molecule has 0 saturated carbocycles. The third-order valence-electron chi connectivity index (χ3n) is 3.23. The highest BCUT2D eigenvalue weighted by molar-refractivity contribution is 5.94. The fraction of sp³-hybridized carbons (Fsp3) is 0.500. The highest BCUT2D eigenvalue weighted by atomic mass is 16.2. The van der Waals surface area contributed by atoms with Crippen molar-refractivity contribution in [2.24, 2.45) is 17.6 Å². The molecule has 0 aliphatic carbocycles. The normalized spacial score (nSPS) is 12.0. The van der Waals surface area contributed by atoms with Crippen molar-refractivity contribution in [3.63, 3.8) is 0 Å². The van der Waals surface area contributed by atoms with Gasteiger partial charge in [-0.2, -0.15) is 0 Å². The molecule has 0 fully saturated rings. The summed E-state index contributed by atoms with van der Waals surface area (Å²) in [7, 11) is 0. The van der Waals surface area contributed by atoms with Crippen molar-refractivity contribution < 1.29 is 9.59 Å². The zero-order valence-corrected chi connectivity index (χ0v) is 13.0. The van der Waals surface area contributed by atoms with Gasteiger partial charge in [-0.1, -0.05) is 20.8 Å². The van der Waals surface area contributed by atoms with Gasteiger partial charge in [0.2, 0.25) is 11.8 Å². The number of anilines is 2. The molecular weight excluding hydrogens is 266 g/mol. The zero-order valence-electron chi connectivity index (χ0n) is 13.0. The summed E-state index contributed by atoms with van der Waals surface area (Å²) >= 11 is 0. The molecule has 5 nitrogen and oxygen atoms in total. The molecule has 1 atom stereocenters. The largest absolute Gasteiger partial charge is 0.330 e.